The number of hydrogen-bond acceptors (Lipinski definition) is 10. The van der Waals surface area contributed by atoms with Gasteiger partial charge in [-0.3, -0.25) is 14.4 Å². The van der Waals surface area contributed by atoms with Crippen LogP contribution in [0.15, 0.2) is 30.3 Å². The lowest BCUT2D eigenvalue weighted by Crippen LogP contribution is -2.10. The first-order valence-electron chi connectivity index (χ1n) is 12.1. The predicted molar refractivity (Wildman–Crippen MR) is 147 cm³/mol. The van der Waals surface area contributed by atoms with Gasteiger partial charge >= 0.3 is 11.9 Å². The number of ether oxygens (including phenoxy) is 4. The van der Waals surface area contributed by atoms with E-state index in [2.05, 4.69) is 4.98 Å². The number of carboxylic acids is 2. The summed E-state index contributed by atoms with van der Waals surface area (Å²) in [5.74, 6) is -0.244. The summed E-state index contributed by atoms with van der Waals surface area (Å²) >= 11 is 2.83. The van der Waals surface area contributed by atoms with Crippen LogP contribution in [0, 0.1) is 0 Å². The van der Waals surface area contributed by atoms with Crippen LogP contribution < -0.4 is 18.9 Å². The highest BCUT2D eigenvalue weighted by Crippen LogP contribution is 2.37. The summed E-state index contributed by atoms with van der Waals surface area (Å²) in [6, 6.07) is 9.08. The van der Waals surface area contributed by atoms with Crippen molar-refractivity contribution in [1.29, 1.82) is 0 Å². The monoisotopic (exact) mass is 573 g/mol. The third-order valence-electron chi connectivity index (χ3n) is 5.74. The van der Waals surface area contributed by atoms with Crippen molar-refractivity contribution >= 4 is 60.7 Å². The molecule has 0 saturated carbocycles. The van der Waals surface area contributed by atoms with Crippen molar-refractivity contribution in [3.8, 4) is 23.1 Å². The molecule has 1 aromatic carbocycles. The van der Waals surface area contributed by atoms with E-state index >= 15 is 0 Å². The fraction of sp³-hybridized carbons (Fsp3) is 0.333. The quantitative estimate of drug-likeness (QED) is 0.139. The Morgan fingerprint density at radius 3 is 2.23 bits per heavy atom. The first-order valence-corrected chi connectivity index (χ1v) is 13.7. The van der Waals surface area contributed by atoms with E-state index in [1.54, 1.807) is 29.5 Å². The van der Waals surface area contributed by atoms with Crippen molar-refractivity contribution in [3.05, 3.63) is 40.1 Å². The van der Waals surface area contributed by atoms with E-state index in [0.29, 0.717) is 40.8 Å². The van der Waals surface area contributed by atoms with Crippen LogP contribution in [-0.2, 0) is 16.0 Å². The molecule has 0 radical (unpaired) electrons. The van der Waals surface area contributed by atoms with E-state index < -0.39 is 11.9 Å². The summed E-state index contributed by atoms with van der Waals surface area (Å²) in [6.45, 7) is 0.359. The summed E-state index contributed by atoms with van der Waals surface area (Å²) in [7, 11) is 3.06. The first-order chi connectivity index (χ1) is 18.8. The number of thiophene rings is 2. The van der Waals surface area contributed by atoms with Gasteiger partial charge in [0.15, 0.2) is 23.0 Å². The highest BCUT2D eigenvalue weighted by molar-refractivity contribution is 7.21. The second-order valence-electron chi connectivity index (χ2n) is 8.50. The Morgan fingerprint density at radius 1 is 0.795 bits per heavy atom. The van der Waals surface area contributed by atoms with E-state index in [9.17, 15) is 14.4 Å². The minimum Gasteiger partial charge on any atom is -0.493 e. The maximum atomic E-state index is 12.3. The normalized spacial score (nSPS) is 11.0. The second-order valence-corrected chi connectivity index (χ2v) is 10.8. The van der Waals surface area contributed by atoms with Gasteiger partial charge < -0.3 is 29.2 Å². The maximum absolute atomic E-state index is 12.3. The van der Waals surface area contributed by atoms with E-state index in [-0.39, 0.29) is 38.3 Å². The molecule has 206 valence electrons. The van der Waals surface area contributed by atoms with Crippen LogP contribution in [0.5, 0.6) is 23.1 Å². The smallest absolute Gasteiger partial charge is 0.303 e. The van der Waals surface area contributed by atoms with Crippen molar-refractivity contribution in [2.75, 3.05) is 27.4 Å². The molecule has 12 heteroatoms. The Kier molecular flexibility index (Phi) is 9.20. The average Bonchev–Trinajstić information content (AvgIpc) is 3.51. The van der Waals surface area contributed by atoms with Crippen molar-refractivity contribution in [1.82, 2.24) is 4.98 Å². The zero-order chi connectivity index (χ0) is 27.9. The third kappa shape index (κ3) is 7.15. The van der Waals surface area contributed by atoms with Gasteiger partial charge in [-0.1, -0.05) is 0 Å². The number of pyridine rings is 1. The summed E-state index contributed by atoms with van der Waals surface area (Å²) in [5, 5.41) is 18.5. The molecule has 0 aliphatic carbocycles. The molecule has 2 N–H and O–H groups in total. The summed E-state index contributed by atoms with van der Waals surface area (Å²) in [6.07, 6.45) is 1.07. The number of nitrogens with zero attached hydrogens (tertiary/aromatic N) is 1. The molecule has 0 atom stereocenters. The number of aliphatic carboxylic acids is 2. The average molecular weight is 574 g/mol. The molecule has 4 rings (SSSR count). The van der Waals surface area contributed by atoms with Gasteiger partial charge in [0.2, 0.25) is 0 Å². The van der Waals surface area contributed by atoms with Crippen LogP contribution in [0.2, 0.25) is 0 Å². The van der Waals surface area contributed by atoms with Gasteiger partial charge in [0.1, 0.15) is 13.2 Å². The SMILES string of the molecule is COc1cc2sc(C(=O)CCC(=O)O)cc2cc1OCCOc1nc2cc(CCCC(=O)O)sc2cc1OC. The number of aryl methyl sites for hydroxylation is 1. The highest BCUT2D eigenvalue weighted by atomic mass is 32.1. The number of Topliss-reactive ketones (excluding diaryl/α,β-unsaturated/α-hetero) is 1. The minimum absolute atomic E-state index is 0.0549. The van der Waals surface area contributed by atoms with Crippen LogP contribution in [0.3, 0.4) is 0 Å². The molecule has 0 aliphatic rings. The second kappa shape index (κ2) is 12.8. The predicted octanol–water partition coefficient (Wildman–Crippen LogP) is 5.44. The number of fused-ring (bicyclic) bond motifs is 2. The van der Waals surface area contributed by atoms with E-state index in [1.807, 2.05) is 12.1 Å². The molecule has 0 amide bonds. The number of benzene rings is 1. The molecule has 4 aromatic rings. The molecule has 3 heterocycles. The number of hydrogen-bond donors (Lipinski definition) is 2. The molecule has 10 nitrogen and oxygen atoms in total. The Hall–Kier alpha value is -3.90. The molecule has 0 aliphatic heterocycles. The zero-order valence-electron chi connectivity index (χ0n) is 21.4. The van der Waals surface area contributed by atoms with Gasteiger partial charge in [-0.05, 0) is 36.4 Å². The summed E-state index contributed by atoms with van der Waals surface area (Å²) in [5.41, 5.74) is 0.750. The number of methoxy groups -OCH3 is 2. The molecule has 39 heavy (non-hydrogen) atoms. The van der Waals surface area contributed by atoms with E-state index in [1.165, 1.54) is 25.6 Å². The van der Waals surface area contributed by atoms with Gasteiger partial charge in [-0.2, -0.15) is 0 Å². The largest absolute Gasteiger partial charge is 0.493 e. The highest BCUT2D eigenvalue weighted by Gasteiger charge is 2.16. The van der Waals surface area contributed by atoms with Gasteiger partial charge in [-0.25, -0.2) is 4.98 Å². The maximum Gasteiger partial charge on any atom is 0.303 e. The van der Waals surface area contributed by atoms with Gasteiger partial charge in [-0.15, -0.1) is 22.7 Å². The van der Waals surface area contributed by atoms with Crippen molar-refractivity contribution < 1.29 is 43.5 Å². The first kappa shape index (κ1) is 28.1. The molecule has 0 spiro atoms. The van der Waals surface area contributed by atoms with Gasteiger partial charge in [0, 0.05) is 34.6 Å². The summed E-state index contributed by atoms with van der Waals surface area (Å²) in [4.78, 5) is 40.0. The number of carboxylic acid groups (broad SMARTS) is 2. The topological polar surface area (TPSA) is 141 Å². The zero-order valence-corrected chi connectivity index (χ0v) is 23.0. The Morgan fingerprint density at radius 2 is 1.51 bits per heavy atom. The molecular formula is C27H27NO9S2. The summed E-state index contributed by atoms with van der Waals surface area (Å²) < 4.78 is 24.4. The van der Waals surface area contributed by atoms with Crippen LogP contribution >= 0.6 is 22.7 Å². The van der Waals surface area contributed by atoms with Crippen molar-refractivity contribution in [2.45, 2.75) is 32.1 Å². The Bertz CT molecular complexity index is 1510. The Balaban J connectivity index is 1.40. The lowest BCUT2D eigenvalue weighted by Gasteiger charge is -2.12. The number of carbonyl (C=O) groups excluding carboxylic acids is 1. The molecule has 0 saturated heterocycles. The van der Waals surface area contributed by atoms with Crippen LogP contribution in [0.25, 0.3) is 20.3 Å². The minimum atomic E-state index is -1.01. The lowest BCUT2D eigenvalue weighted by atomic mass is 10.1. The lowest BCUT2D eigenvalue weighted by molar-refractivity contribution is -0.138. The Labute approximate surface area is 231 Å². The third-order valence-corrected chi connectivity index (χ3v) is 8.01. The van der Waals surface area contributed by atoms with Crippen molar-refractivity contribution in [2.24, 2.45) is 0 Å². The van der Waals surface area contributed by atoms with Crippen LogP contribution in [0.1, 0.15) is 40.2 Å². The van der Waals surface area contributed by atoms with E-state index in [0.717, 1.165) is 25.2 Å². The number of ketones is 1. The molecule has 0 fully saturated rings. The molecule has 0 unspecified atom stereocenters. The number of aromatic nitrogens is 1. The van der Waals surface area contributed by atoms with Gasteiger partial charge in [0.25, 0.3) is 5.88 Å². The molecular weight excluding hydrogens is 546 g/mol. The fourth-order valence-electron chi connectivity index (χ4n) is 3.86. The molecule has 0 bridgehead atoms. The van der Waals surface area contributed by atoms with Crippen LogP contribution in [-0.4, -0.2) is 60.4 Å². The van der Waals surface area contributed by atoms with Crippen LogP contribution in [0.4, 0.5) is 0 Å². The standard InChI is InChI=1S/C27H27NO9S2/c1-34-19-13-22-15(11-24(39-22)18(29)6-7-26(32)33)10-20(19)36-8-9-37-27-21(35-2)14-23-17(28-27)12-16(38-23)4-3-5-25(30)31/h10-14H,3-9H2,1-2H3,(H,30,31)(H,32,33). The molecule has 3 aromatic heterocycles. The fourth-order valence-corrected chi connectivity index (χ4v) is 5.97. The number of carbonyl (C=O) groups is 3. The van der Waals surface area contributed by atoms with Gasteiger partial charge in [0.05, 0.1) is 35.7 Å². The van der Waals surface area contributed by atoms with E-state index in [4.69, 9.17) is 29.2 Å². The van der Waals surface area contributed by atoms with Crippen molar-refractivity contribution in [3.63, 3.8) is 0 Å². The number of rotatable bonds is 15.